The van der Waals surface area contributed by atoms with Crippen LogP contribution in [0.1, 0.15) is 27.0 Å². The lowest BCUT2D eigenvalue weighted by Gasteiger charge is -2.29. The molecule has 12 heteroatoms. The maximum atomic E-state index is 13.4. The molecule has 0 saturated heterocycles. The van der Waals surface area contributed by atoms with Crippen LogP contribution in [0.25, 0.3) is 17.0 Å². The molecule has 0 radical (unpaired) electrons. The SMILES string of the molecule is CS(=O)(=O)c1cccc(C[C@H](NC(=O)c2c(Cl)cc3c4c2ccn4CN(C(=O)/C=C/c2ccoc2)C3)C(=O)O)c1. The summed E-state index contributed by atoms with van der Waals surface area (Å²) in [6.45, 7) is 0.521. The lowest BCUT2D eigenvalue weighted by Crippen LogP contribution is -2.42. The second kappa shape index (κ2) is 10.7. The fourth-order valence-electron chi connectivity index (χ4n) is 4.72. The van der Waals surface area contributed by atoms with Gasteiger partial charge >= 0.3 is 5.97 Å². The number of amides is 2. The highest BCUT2D eigenvalue weighted by atomic mass is 35.5. The van der Waals surface area contributed by atoms with Crippen LogP contribution in [0, 0.1) is 0 Å². The lowest BCUT2D eigenvalue weighted by atomic mass is 10.0. The van der Waals surface area contributed by atoms with Crippen molar-refractivity contribution in [1.82, 2.24) is 14.8 Å². The molecule has 0 aliphatic carbocycles. The Morgan fingerprint density at radius 3 is 2.70 bits per heavy atom. The van der Waals surface area contributed by atoms with E-state index in [0.29, 0.717) is 10.9 Å². The molecule has 2 N–H and O–H groups in total. The van der Waals surface area contributed by atoms with Gasteiger partial charge in [-0.1, -0.05) is 23.7 Å². The van der Waals surface area contributed by atoms with Crippen molar-refractivity contribution < 1.29 is 32.3 Å². The van der Waals surface area contributed by atoms with Crippen molar-refractivity contribution in [3.63, 3.8) is 0 Å². The Morgan fingerprint density at radius 2 is 2.00 bits per heavy atom. The van der Waals surface area contributed by atoms with Gasteiger partial charge in [-0.3, -0.25) is 9.59 Å². The molecule has 0 fully saturated rings. The summed E-state index contributed by atoms with van der Waals surface area (Å²) in [5.41, 5.74) is 2.79. The normalized spacial score (nSPS) is 14.0. The number of nitrogens with zero attached hydrogens (tertiary/aromatic N) is 2. The zero-order valence-corrected chi connectivity index (χ0v) is 22.8. The average Bonchev–Trinajstić information content (AvgIpc) is 3.57. The third-order valence-electron chi connectivity index (χ3n) is 6.63. The minimum absolute atomic E-state index is 0.0566. The second-order valence-electron chi connectivity index (χ2n) is 9.50. The van der Waals surface area contributed by atoms with Crippen LogP contribution in [0.15, 0.2) is 76.6 Å². The van der Waals surface area contributed by atoms with Gasteiger partial charge in [0.1, 0.15) is 6.04 Å². The number of carboxylic acids is 1. The van der Waals surface area contributed by atoms with E-state index in [9.17, 15) is 27.9 Å². The summed E-state index contributed by atoms with van der Waals surface area (Å²) < 4.78 is 30.6. The summed E-state index contributed by atoms with van der Waals surface area (Å²) in [5, 5.41) is 13.0. The molecular formula is C28H24ClN3O7S. The number of nitrogens with one attached hydrogen (secondary N) is 1. The van der Waals surface area contributed by atoms with Crippen LogP contribution < -0.4 is 5.32 Å². The van der Waals surface area contributed by atoms with Crippen molar-refractivity contribution in [3.8, 4) is 0 Å². The first-order chi connectivity index (χ1) is 19.0. The number of aromatic nitrogens is 1. The smallest absolute Gasteiger partial charge is 0.326 e. The Bertz CT molecular complexity index is 1770. The molecule has 0 unspecified atom stereocenters. The van der Waals surface area contributed by atoms with Crippen molar-refractivity contribution in [2.24, 2.45) is 0 Å². The van der Waals surface area contributed by atoms with E-state index in [2.05, 4.69) is 5.32 Å². The van der Waals surface area contributed by atoms with Crippen molar-refractivity contribution in [2.45, 2.75) is 30.6 Å². The van der Waals surface area contributed by atoms with Crippen LogP contribution in [0.2, 0.25) is 5.02 Å². The Labute approximate surface area is 234 Å². The van der Waals surface area contributed by atoms with Gasteiger partial charge in [0.25, 0.3) is 5.91 Å². The minimum atomic E-state index is -3.49. The van der Waals surface area contributed by atoms with E-state index in [-0.39, 0.29) is 41.0 Å². The van der Waals surface area contributed by atoms with Gasteiger partial charge in [0.15, 0.2) is 9.84 Å². The monoisotopic (exact) mass is 581 g/mol. The highest BCUT2D eigenvalue weighted by molar-refractivity contribution is 7.90. The highest BCUT2D eigenvalue weighted by Gasteiger charge is 2.28. The summed E-state index contributed by atoms with van der Waals surface area (Å²) in [7, 11) is -3.49. The third kappa shape index (κ3) is 5.51. The van der Waals surface area contributed by atoms with Gasteiger partial charge < -0.3 is 24.3 Å². The summed E-state index contributed by atoms with van der Waals surface area (Å²) in [5.74, 6) is -2.17. The quantitative estimate of drug-likeness (QED) is 0.302. The molecular weight excluding hydrogens is 558 g/mol. The number of halogens is 1. The van der Waals surface area contributed by atoms with E-state index in [1.165, 1.54) is 36.8 Å². The van der Waals surface area contributed by atoms with E-state index < -0.39 is 27.8 Å². The molecule has 206 valence electrons. The van der Waals surface area contributed by atoms with Crippen LogP contribution in [0.3, 0.4) is 0 Å². The number of rotatable bonds is 8. The molecule has 1 aliphatic heterocycles. The lowest BCUT2D eigenvalue weighted by molar-refractivity contribution is -0.139. The number of sulfone groups is 1. The number of carboxylic acid groups (broad SMARTS) is 1. The van der Waals surface area contributed by atoms with Crippen LogP contribution in [0.4, 0.5) is 0 Å². The van der Waals surface area contributed by atoms with Crippen LogP contribution in [-0.2, 0) is 39.1 Å². The predicted octanol–water partition coefficient (Wildman–Crippen LogP) is 3.73. The van der Waals surface area contributed by atoms with E-state index >= 15 is 0 Å². The number of aliphatic carboxylic acids is 1. The van der Waals surface area contributed by atoms with Gasteiger partial charge in [-0.05, 0) is 47.5 Å². The molecule has 0 saturated carbocycles. The van der Waals surface area contributed by atoms with Crippen LogP contribution in [0.5, 0.6) is 0 Å². The zero-order valence-electron chi connectivity index (χ0n) is 21.2. The molecule has 3 heterocycles. The fraction of sp³-hybridized carbons (Fsp3) is 0.179. The van der Waals surface area contributed by atoms with Gasteiger partial charge in [0.05, 0.1) is 40.2 Å². The maximum absolute atomic E-state index is 13.4. The summed E-state index contributed by atoms with van der Waals surface area (Å²) in [4.78, 5) is 39.9. The molecule has 1 aliphatic rings. The molecule has 2 amide bonds. The van der Waals surface area contributed by atoms with Gasteiger partial charge in [-0.2, -0.15) is 0 Å². The Morgan fingerprint density at radius 1 is 1.20 bits per heavy atom. The Balaban J connectivity index is 1.38. The summed E-state index contributed by atoms with van der Waals surface area (Å²) in [6.07, 6.45) is 8.83. The van der Waals surface area contributed by atoms with Crippen LogP contribution >= 0.6 is 11.6 Å². The molecule has 10 nitrogen and oxygen atoms in total. The number of hydrogen-bond acceptors (Lipinski definition) is 6. The fourth-order valence-corrected chi connectivity index (χ4v) is 5.73. The predicted molar refractivity (Wildman–Crippen MR) is 147 cm³/mol. The summed E-state index contributed by atoms with van der Waals surface area (Å²) in [6, 6.07) is 9.65. The van der Waals surface area contributed by atoms with Gasteiger partial charge in [-0.25, -0.2) is 13.2 Å². The standard InChI is InChI=1S/C28H24ClN3O7S/c1-40(37,38)20-4-2-3-18(11-20)12-23(28(35)36)30-27(34)25-21-7-9-31-16-32(14-19(26(21)31)13-22(25)29)24(33)6-5-17-8-10-39-15-17/h2-11,13,15,23H,12,14,16H2,1H3,(H,30,34)(H,35,36)/b6-5+/t23-/m0/s1. The second-order valence-corrected chi connectivity index (χ2v) is 11.9. The molecule has 4 aromatic rings. The zero-order chi connectivity index (χ0) is 28.6. The molecule has 2 aromatic carbocycles. The van der Waals surface area contributed by atoms with Crippen molar-refractivity contribution >= 4 is 56.2 Å². The molecule has 5 rings (SSSR count). The van der Waals surface area contributed by atoms with Crippen LogP contribution in [-0.4, -0.2) is 53.1 Å². The molecule has 0 bridgehead atoms. The molecule has 2 aromatic heterocycles. The van der Waals surface area contributed by atoms with E-state index in [1.807, 2.05) is 4.57 Å². The maximum Gasteiger partial charge on any atom is 0.326 e. The summed E-state index contributed by atoms with van der Waals surface area (Å²) >= 11 is 6.55. The van der Waals surface area contributed by atoms with E-state index in [1.54, 1.807) is 41.4 Å². The highest BCUT2D eigenvalue weighted by Crippen LogP contribution is 2.34. The average molecular weight is 582 g/mol. The Kier molecular flexibility index (Phi) is 7.26. The number of carbonyl (C=O) groups excluding carboxylic acids is 2. The third-order valence-corrected chi connectivity index (χ3v) is 8.04. The van der Waals surface area contributed by atoms with Crippen molar-refractivity contribution in [3.05, 3.63) is 94.5 Å². The van der Waals surface area contributed by atoms with E-state index in [4.69, 9.17) is 16.0 Å². The van der Waals surface area contributed by atoms with Gasteiger partial charge in [-0.15, -0.1) is 0 Å². The number of furan rings is 1. The first kappa shape index (κ1) is 27.2. The van der Waals surface area contributed by atoms with Crippen molar-refractivity contribution in [2.75, 3.05) is 6.26 Å². The Hall–Kier alpha value is -4.35. The molecule has 0 spiro atoms. The molecule has 1 atom stereocenters. The number of hydrogen-bond donors (Lipinski definition) is 2. The van der Waals surface area contributed by atoms with Gasteiger partial charge in [0.2, 0.25) is 5.91 Å². The number of benzene rings is 2. The van der Waals surface area contributed by atoms with Crippen molar-refractivity contribution in [1.29, 1.82) is 0 Å². The first-order valence-corrected chi connectivity index (χ1v) is 14.4. The minimum Gasteiger partial charge on any atom is -0.480 e. The number of carbonyl (C=O) groups is 3. The first-order valence-electron chi connectivity index (χ1n) is 12.1. The largest absolute Gasteiger partial charge is 0.480 e. The topological polar surface area (TPSA) is 139 Å². The van der Waals surface area contributed by atoms with Gasteiger partial charge in [0, 0.05) is 42.4 Å². The van der Waals surface area contributed by atoms with E-state index in [0.717, 1.165) is 22.9 Å². The molecule has 40 heavy (non-hydrogen) atoms.